The van der Waals surface area contributed by atoms with Gasteiger partial charge >= 0.3 is 0 Å². The van der Waals surface area contributed by atoms with Gasteiger partial charge in [-0.05, 0) is 30.3 Å². The van der Waals surface area contributed by atoms with Gasteiger partial charge < -0.3 is 16.0 Å². The minimum Gasteiger partial charge on any atom is -0.389 e. The highest BCUT2D eigenvalue weighted by atomic mass is 32.1. The third-order valence-corrected chi connectivity index (χ3v) is 3.52. The van der Waals surface area contributed by atoms with Gasteiger partial charge in [0.1, 0.15) is 17.4 Å². The Morgan fingerprint density at radius 1 is 1.29 bits per heavy atom. The fraction of sp³-hybridized carbons (Fsp3) is 0.0667. The number of halogens is 1. The normalized spacial score (nSPS) is 13.6. The maximum atomic E-state index is 14.0. The van der Waals surface area contributed by atoms with Crippen LogP contribution in [0.25, 0.3) is 0 Å². The lowest BCUT2D eigenvalue weighted by Gasteiger charge is -2.31. The molecule has 0 atom stereocenters. The van der Waals surface area contributed by atoms with Gasteiger partial charge in [-0.2, -0.15) is 0 Å². The fourth-order valence-corrected chi connectivity index (χ4v) is 2.50. The highest BCUT2D eigenvalue weighted by Crippen LogP contribution is 2.35. The lowest BCUT2D eigenvalue weighted by molar-refractivity contribution is -0.115. The number of carbonyl (C=O) groups excluding carboxylic acids is 1. The Bertz CT molecular complexity index is 747. The van der Waals surface area contributed by atoms with Crippen molar-refractivity contribution in [2.24, 2.45) is 5.73 Å². The van der Waals surface area contributed by atoms with Crippen LogP contribution in [0.2, 0.25) is 0 Å². The average molecular weight is 301 g/mol. The van der Waals surface area contributed by atoms with E-state index in [0.717, 1.165) is 5.69 Å². The number of nitrogens with one attached hydrogen (secondary N) is 1. The number of hydrogen-bond acceptors (Lipinski definition) is 3. The number of nitrogens with zero attached hydrogens (tertiary/aromatic N) is 1. The zero-order valence-electron chi connectivity index (χ0n) is 11.0. The van der Waals surface area contributed by atoms with E-state index in [1.165, 1.54) is 12.1 Å². The Morgan fingerprint density at radius 2 is 2.05 bits per heavy atom. The summed E-state index contributed by atoms with van der Waals surface area (Å²) >= 11 is 4.79. The fourth-order valence-electron chi connectivity index (χ4n) is 2.34. The van der Waals surface area contributed by atoms with Crippen LogP contribution in [-0.2, 0) is 4.79 Å². The van der Waals surface area contributed by atoms with Crippen molar-refractivity contribution in [2.75, 3.05) is 16.8 Å². The summed E-state index contributed by atoms with van der Waals surface area (Å²) in [6, 6.07) is 11.9. The van der Waals surface area contributed by atoms with E-state index < -0.39 is 5.82 Å². The first-order chi connectivity index (χ1) is 10.1. The van der Waals surface area contributed by atoms with Gasteiger partial charge in [-0.25, -0.2) is 4.39 Å². The standard InChI is InChI=1S/C15H12FN3OS/c16-11-7-9(5-6-10(11)15(17)21)19-8-14(20)18-12-3-1-2-4-13(12)19/h1-7H,8H2,(H2,17,21)(H,18,20). The molecular formula is C15H12FN3OS. The van der Waals surface area contributed by atoms with Crippen molar-refractivity contribution in [3.8, 4) is 0 Å². The highest BCUT2D eigenvalue weighted by molar-refractivity contribution is 7.80. The van der Waals surface area contributed by atoms with Crippen LogP contribution in [0.3, 0.4) is 0 Å². The van der Waals surface area contributed by atoms with E-state index in [0.29, 0.717) is 11.4 Å². The minimum atomic E-state index is -0.497. The zero-order valence-corrected chi connectivity index (χ0v) is 11.8. The number of rotatable bonds is 2. The molecule has 0 radical (unpaired) electrons. The lowest BCUT2D eigenvalue weighted by atomic mass is 10.1. The van der Waals surface area contributed by atoms with Crippen molar-refractivity contribution < 1.29 is 9.18 Å². The smallest absolute Gasteiger partial charge is 0.244 e. The maximum Gasteiger partial charge on any atom is 0.244 e. The van der Waals surface area contributed by atoms with E-state index in [1.807, 2.05) is 18.2 Å². The molecule has 0 saturated heterocycles. The van der Waals surface area contributed by atoms with E-state index in [2.05, 4.69) is 5.32 Å². The van der Waals surface area contributed by atoms with Crippen molar-refractivity contribution in [3.63, 3.8) is 0 Å². The van der Waals surface area contributed by atoms with Gasteiger partial charge in [0.15, 0.2) is 0 Å². The third kappa shape index (κ3) is 2.45. The number of para-hydroxylation sites is 2. The van der Waals surface area contributed by atoms with E-state index >= 15 is 0 Å². The molecule has 1 aliphatic rings. The quantitative estimate of drug-likeness (QED) is 0.837. The summed E-state index contributed by atoms with van der Waals surface area (Å²) in [6.45, 7) is 0.128. The van der Waals surface area contributed by atoms with E-state index in [1.54, 1.807) is 17.0 Å². The predicted octanol–water partition coefficient (Wildman–Crippen LogP) is 2.55. The van der Waals surface area contributed by atoms with Crippen molar-refractivity contribution in [1.82, 2.24) is 0 Å². The average Bonchev–Trinajstić information content (AvgIpc) is 2.45. The summed E-state index contributed by atoms with van der Waals surface area (Å²) in [6.07, 6.45) is 0. The molecule has 0 aliphatic carbocycles. The molecule has 2 aromatic carbocycles. The van der Waals surface area contributed by atoms with Crippen LogP contribution in [0, 0.1) is 5.82 Å². The first-order valence-corrected chi connectivity index (χ1v) is 6.73. The molecule has 1 heterocycles. The van der Waals surface area contributed by atoms with Crippen LogP contribution in [0.1, 0.15) is 5.56 Å². The van der Waals surface area contributed by atoms with Crippen molar-refractivity contribution in [3.05, 3.63) is 53.8 Å². The van der Waals surface area contributed by atoms with Crippen molar-refractivity contribution >= 4 is 40.2 Å². The second-order valence-electron chi connectivity index (χ2n) is 4.68. The molecule has 0 spiro atoms. The summed E-state index contributed by atoms with van der Waals surface area (Å²) in [5, 5.41) is 2.79. The van der Waals surface area contributed by atoms with Gasteiger partial charge in [-0.1, -0.05) is 24.4 Å². The number of fused-ring (bicyclic) bond motifs is 1. The molecule has 21 heavy (non-hydrogen) atoms. The summed E-state index contributed by atoms with van der Waals surface area (Å²) in [4.78, 5) is 13.5. The van der Waals surface area contributed by atoms with Crippen LogP contribution < -0.4 is 16.0 Å². The van der Waals surface area contributed by atoms with E-state index in [9.17, 15) is 9.18 Å². The van der Waals surface area contributed by atoms with Gasteiger partial charge in [0.05, 0.1) is 11.4 Å². The number of benzene rings is 2. The Labute approximate surface area is 126 Å². The number of hydrogen-bond donors (Lipinski definition) is 2. The van der Waals surface area contributed by atoms with Crippen molar-refractivity contribution in [1.29, 1.82) is 0 Å². The molecule has 3 N–H and O–H groups in total. The molecule has 0 fully saturated rings. The first-order valence-electron chi connectivity index (χ1n) is 6.32. The lowest BCUT2D eigenvalue weighted by Crippen LogP contribution is -2.35. The highest BCUT2D eigenvalue weighted by Gasteiger charge is 2.23. The Hall–Kier alpha value is -2.47. The molecule has 4 nitrogen and oxygen atoms in total. The summed E-state index contributed by atoms with van der Waals surface area (Å²) in [7, 11) is 0. The van der Waals surface area contributed by atoms with Crippen LogP contribution in [-0.4, -0.2) is 17.4 Å². The van der Waals surface area contributed by atoms with Crippen LogP contribution >= 0.6 is 12.2 Å². The molecule has 1 amide bonds. The second kappa shape index (κ2) is 5.14. The van der Waals surface area contributed by atoms with E-state index in [4.69, 9.17) is 18.0 Å². The van der Waals surface area contributed by atoms with Gasteiger partial charge in [0.25, 0.3) is 0 Å². The zero-order chi connectivity index (χ0) is 15.0. The predicted molar refractivity (Wildman–Crippen MR) is 84.4 cm³/mol. The summed E-state index contributed by atoms with van der Waals surface area (Å²) < 4.78 is 14.0. The van der Waals surface area contributed by atoms with E-state index in [-0.39, 0.29) is 23.0 Å². The minimum absolute atomic E-state index is 0.0100. The number of thiocarbonyl (C=S) groups is 1. The Kier molecular flexibility index (Phi) is 3.31. The molecule has 0 bridgehead atoms. The van der Waals surface area contributed by atoms with Crippen LogP contribution in [0.4, 0.5) is 21.5 Å². The molecule has 1 aliphatic heterocycles. The second-order valence-corrected chi connectivity index (χ2v) is 5.12. The number of nitrogens with two attached hydrogens (primary N) is 1. The summed E-state index contributed by atoms with van der Waals surface area (Å²) in [5.41, 5.74) is 7.75. The molecule has 0 saturated carbocycles. The largest absolute Gasteiger partial charge is 0.389 e. The molecule has 0 aromatic heterocycles. The number of amides is 1. The molecule has 2 aromatic rings. The molecule has 106 valence electrons. The van der Waals surface area contributed by atoms with Crippen molar-refractivity contribution in [2.45, 2.75) is 0 Å². The topological polar surface area (TPSA) is 58.4 Å². The Morgan fingerprint density at radius 3 is 2.76 bits per heavy atom. The summed E-state index contributed by atoms with van der Waals surface area (Å²) in [5.74, 6) is -0.643. The van der Waals surface area contributed by atoms with Gasteiger partial charge in [0.2, 0.25) is 5.91 Å². The van der Waals surface area contributed by atoms with Gasteiger partial charge in [-0.3, -0.25) is 4.79 Å². The van der Waals surface area contributed by atoms with Crippen LogP contribution in [0.5, 0.6) is 0 Å². The molecule has 6 heteroatoms. The monoisotopic (exact) mass is 301 g/mol. The third-order valence-electron chi connectivity index (χ3n) is 3.30. The number of anilines is 3. The Balaban J connectivity index is 2.07. The van der Waals surface area contributed by atoms with Gasteiger partial charge in [-0.15, -0.1) is 0 Å². The molecular weight excluding hydrogens is 289 g/mol. The SMILES string of the molecule is NC(=S)c1ccc(N2CC(=O)Nc3ccccc32)cc1F. The maximum absolute atomic E-state index is 14.0. The molecule has 0 unspecified atom stereocenters. The number of carbonyl (C=O) groups is 1. The first kappa shape index (κ1) is 13.5. The van der Waals surface area contributed by atoms with Gasteiger partial charge in [0, 0.05) is 11.3 Å². The molecule has 3 rings (SSSR count). The van der Waals surface area contributed by atoms with Crippen LogP contribution in [0.15, 0.2) is 42.5 Å².